The zero-order valence-electron chi connectivity index (χ0n) is 80.9. The molecule has 3 aliphatic heterocycles. The van der Waals surface area contributed by atoms with Crippen molar-refractivity contribution in [3.05, 3.63) is 564 Å². The van der Waals surface area contributed by atoms with E-state index in [-0.39, 0.29) is 5.92 Å². The van der Waals surface area contributed by atoms with Gasteiger partial charge in [0.05, 0.1) is 56.1 Å². The van der Waals surface area contributed by atoms with Crippen LogP contribution < -0.4 is 14.2 Å². The average molecular weight is 1900 g/mol. The van der Waals surface area contributed by atoms with Gasteiger partial charge in [0.25, 0.3) is 0 Å². The van der Waals surface area contributed by atoms with Crippen LogP contribution in [0.1, 0.15) is 80.1 Å². The van der Waals surface area contributed by atoms with Crippen LogP contribution in [0, 0.1) is 5.92 Å². The van der Waals surface area contributed by atoms with E-state index in [2.05, 4.69) is 444 Å². The first-order chi connectivity index (χ1) is 73.7. The summed E-state index contributed by atoms with van der Waals surface area (Å²) in [6, 6.07) is 170. The second-order valence-electron chi connectivity index (χ2n) is 39.8. The van der Waals surface area contributed by atoms with Gasteiger partial charge in [0, 0.05) is 84.1 Å². The number of para-hydroxylation sites is 6. The summed E-state index contributed by atoms with van der Waals surface area (Å²) in [5, 5.41) is 2.13. The van der Waals surface area contributed by atoms with Crippen LogP contribution in [-0.4, -0.2) is 34.9 Å². The Morgan fingerprint density at radius 3 is 1.15 bits per heavy atom. The molecule has 10 heteroatoms. The molecule has 0 N–H and O–H groups in total. The predicted molar refractivity (Wildman–Crippen MR) is 597 cm³/mol. The molecule has 19 aromatic carbocycles. The molecule has 0 bridgehead atoms. The van der Waals surface area contributed by atoms with Crippen molar-refractivity contribution in [2.75, 3.05) is 0 Å². The van der Waals surface area contributed by atoms with Gasteiger partial charge in [-0.15, -0.1) is 0 Å². The molecule has 0 fully saturated rings. The summed E-state index contributed by atoms with van der Waals surface area (Å²) in [6.07, 6.45) is 7.51. The molecule has 4 aromatic heterocycles. The second kappa shape index (κ2) is 33.7. The minimum absolute atomic E-state index is 0.283. The smallest absolute Gasteiger partial charge is 0.160 e. The number of benzene rings is 19. The van der Waals surface area contributed by atoms with Crippen LogP contribution in [-0.2, 0) is 16.2 Å². The normalized spacial score (nSPS) is 15.8. The third-order valence-electron chi connectivity index (χ3n) is 31.8. The topological polar surface area (TPSA) is 118 Å². The fourth-order valence-electron chi connectivity index (χ4n) is 25.4. The monoisotopic (exact) mass is 1900 g/mol. The van der Waals surface area contributed by atoms with Crippen molar-refractivity contribution >= 4 is 16.3 Å². The minimum atomic E-state index is -0.799. The van der Waals surface area contributed by atoms with Crippen LogP contribution in [0.25, 0.3) is 185 Å². The molecule has 3 atom stereocenters. The number of hydrogen-bond acceptors (Lipinski definition) is 10. The largest absolute Gasteiger partial charge is 0.456 e. The lowest BCUT2D eigenvalue weighted by Gasteiger charge is -2.41. The Labute approximate surface area is 861 Å². The maximum absolute atomic E-state index is 7.57. The number of aromatic nitrogens is 7. The zero-order valence-corrected chi connectivity index (χ0v) is 80.9. The van der Waals surface area contributed by atoms with Crippen molar-refractivity contribution in [3.63, 3.8) is 0 Å². The van der Waals surface area contributed by atoms with Gasteiger partial charge in [0.2, 0.25) is 0 Å². The van der Waals surface area contributed by atoms with Gasteiger partial charge in [-0.05, 0) is 213 Å². The molecule has 0 saturated heterocycles. The van der Waals surface area contributed by atoms with Crippen LogP contribution >= 0.6 is 0 Å². The van der Waals surface area contributed by atoms with Crippen LogP contribution in [0.4, 0.5) is 0 Å². The molecule has 10 nitrogen and oxygen atoms in total. The maximum atomic E-state index is 7.57. The zero-order chi connectivity index (χ0) is 98.2. The number of nitrogens with zero attached hydrogens (tertiary/aromatic N) is 7. The second-order valence-corrected chi connectivity index (χ2v) is 39.8. The summed E-state index contributed by atoms with van der Waals surface area (Å²) in [7, 11) is 0. The van der Waals surface area contributed by atoms with E-state index in [4.69, 9.17) is 49.1 Å². The summed E-state index contributed by atoms with van der Waals surface area (Å²) in [4.78, 5) is 37.7. The van der Waals surface area contributed by atoms with Gasteiger partial charge < -0.3 is 14.2 Å². The molecule has 23 aromatic rings. The molecule has 30 rings (SSSR count). The van der Waals surface area contributed by atoms with Gasteiger partial charge in [-0.1, -0.05) is 413 Å². The Morgan fingerprint density at radius 2 is 0.584 bits per heavy atom. The first-order valence-corrected chi connectivity index (χ1v) is 51.1. The molecule has 4 aliphatic carbocycles. The van der Waals surface area contributed by atoms with Crippen molar-refractivity contribution < 1.29 is 14.2 Å². The van der Waals surface area contributed by atoms with E-state index < -0.39 is 16.2 Å². The average Bonchev–Trinajstić information content (AvgIpc) is 1.53. The van der Waals surface area contributed by atoms with Crippen molar-refractivity contribution in [3.8, 4) is 203 Å². The van der Waals surface area contributed by atoms with Gasteiger partial charge in [-0.3, -0.25) is 4.98 Å². The predicted octanol–water partition coefficient (Wildman–Crippen LogP) is 34.0. The molecule has 149 heavy (non-hydrogen) atoms. The fraction of sp³-hybridized carbons (Fsp3) is 0.0432. The minimum Gasteiger partial charge on any atom is -0.456 e. The summed E-state index contributed by atoms with van der Waals surface area (Å²) in [5.41, 5.74) is 40.3. The Balaban J connectivity index is 0.515. The molecule has 696 valence electrons. The summed E-state index contributed by atoms with van der Waals surface area (Å²) < 4.78 is 22.2. The first-order valence-electron chi connectivity index (χ1n) is 51.1. The van der Waals surface area contributed by atoms with Crippen LogP contribution in [0.15, 0.2) is 497 Å². The van der Waals surface area contributed by atoms with E-state index in [1.807, 2.05) is 54.7 Å². The van der Waals surface area contributed by atoms with E-state index >= 15 is 0 Å². The SMILES string of the molecule is CC1C=CC2=C(C1)c1cc(-c3ccccc3-c3ccc(-c4cc(-c5cccc6c5Oc5ccccc5C65c6ccccc6-c6ccccc65)nc(-c5ccc(-c6ccccc6)cc5)n4)cc3)ccc1C21c2ccccc2Oc2c(-c3cc(-c4cccc5cc(-c6cccc7c6-c6ccccc6C76c7ccccc7Oc7c(-c8cc(-c9ccccn9)nc(-c9ccccc9)n8)cccc76)ccc45)nc(-c4ccccc4)n3)cccc21. The Bertz CT molecular complexity index is 9520. The molecular formula is C139H87N7O3. The molecule has 7 aliphatic rings. The molecule has 3 unspecified atom stereocenters. The van der Waals surface area contributed by atoms with Gasteiger partial charge in [-0.2, -0.15) is 0 Å². The number of pyridine rings is 1. The molecule has 0 radical (unpaired) electrons. The third-order valence-corrected chi connectivity index (χ3v) is 31.8. The molecule has 7 heterocycles. The van der Waals surface area contributed by atoms with Crippen molar-refractivity contribution in [2.24, 2.45) is 5.92 Å². The van der Waals surface area contributed by atoms with Crippen LogP contribution in [0.2, 0.25) is 0 Å². The number of ether oxygens (including phenoxy) is 3. The number of allylic oxidation sites excluding steroid dienone is 4. The van der Waals surface area contributed by atoms with E-state index in [0.717, 1.165) is 214 Å². The number of fused-ring (bicyclic) bond motifs is 27. The first kappa shape index (κ1) is 85.3. The Kier molecular flexibility index (Phi) is 19.3. The van der Waals surface area contributed by atoms with E-state index in [1.54, 1.807) is 0 Å². The van der Waals surface area contributed by atoms with Gasteiger partial charge in [0.15, 0.2) is 17.5 Å². The van der Waals surface area contributed by atoms with Gasteiger partial charge in [-0.25, -0.2) is 29.9 Å². The highest BCUT2D eigenvalue weighted by atomic mass is 16.5. The van der Waals surface area contributed by atoms with Crippen molar-refractivity contribution in [2.45, 2.75) is 29.6 Å². The van der Waals surface area contributed by atoms with E-state index in [0.29, 0.717) is 23.2 Å². The highest BCUT2D eigenvalue weighted by Crippen LogP contribution is 2.69. The van der Waals surface area contributed by atoms with Crippen LogP contribution in [0.3, 0.4) is 0 Å². The lowest BCUT2D eigenvalue weighted by atomic mass is 9.64. The quantitative estimate of drug-likeness (QED) is 0.110. The van der Waals surface area contributed by atoms with Gasteiger partial charge in [0.1, 0.15) is 34.5 Å². The number of rotatable bonds is 13. The standard InChI is InChI=1S/C139H87N7O3/c1-84-63-75-111-106(78-84)107-80-94(96-40-12-11-39-95(96)87-66-68-88(69-67-87)121-81-123(143-136(141-121)91-70-64-86(65-71-91)85-32-5-2-6-33-85)103-46-29-56-117-131(103)147-127-60-22-19-52-113(127)137(117)108-49-16-13-41-99(108)100-42-14-17-50-109(100)137)73-76-112(107)138(111)114-53-20-23-61-128(114)148-132-104(47-30-57-118(132)138)124-82-122(142-134(144-124)89-34-7-3-8-35-89)101-45-27-38-92-79-93(72-74-97(92)101)98-44-28-55-116-130(98)102-43-15-18-51-110(102)139(116)115-54-21-24-62-129(115)149-133-105(48-31-58-119(133)139)125-83-126(120-59-25-26-77-140-120)146-135(145-125)90-36-9-4-10-37-90/h2-77,79-84H,78H2,1H3. The highest BCUT2D eigenvalue weighted by molar-refractivity contribution is 6.04. The summed E-state index contributed by atoms with van der Waals surface area (Å²) >= 11 is 0. The lowest BCUT2D eigenvalue weighted by Crippen LogP contribution is -2.33. The fourth-order valence-corrected chi connectivity index (χ4v) is 25.4. The van der Waals surface area contributed by atoms with E-state index in [9.17, 15) is 0 Å². The summed E-state index contributed by atoms with van der Waals surface area (Å²) in [6.45, 7) is 2.34. The number of hydrogen-bond donors (Lipinski definition) is 0. The molecular weight excluding hydrogens is 1820 g/mol. The summed E-state index contributed by atoms with van der Waals surface area (Å²) in [5.74, 6) is 6.78. The Morgan fingerprint density at radius 1 is 0.221 bits per heavy atom. The molecule has 0 saturated carbocycles. The van der Waals surface area contributed by atoms with Gasteiger partial charge >= 0.3 is 0 Å². The molecule has 3 spiro atoms. The Hall–Kier alpha value is -19.3. The van der Waals surface area contributed by atoms with E-state index in [1.165, 1.54) is 61.2 Å². The third kappa shape index (κ3) is 13.0. The lowest BCUT2D eigenvalue weighted by molar-refractivity contribution is 0.437. The maximum Gasteiger partial charge on any atom is 0.160 e. The molecule has 0 amide bonds. The van der Waals surface area contributed by atoms with Crippen molar-refractivity contribution in [1.29, 1.82) is 0 Å². The highest BCUT2D eigenvalue weighted by Gasteiger charge is 2.56. The van der Waals surface area contributed by atoms with Crippen LogP contribution in [0.5, 0.6) is 34.5 Å². The van der Waals surface area contributed by atoms with Crippen molar-refractivity contribution in [1.82, 2.24) is 34.9 Å².